The van der Waals surface area contributed by atoms with E-state index in [4.69, 9.17) is 0 Å². The van der Waals surface area contributed by atoms with Crippen LogP contribution in [-0.2, 0) is 25.7 Å². The Morgan fingerprint density at radius 3 is 1.12 bits per heavy atom. The minimum Gasteiger partial charge on any atom is -0.507 e. The molecule has 138 valence electrons. The van der Waals surface area contributed by atoms with Crippen LogP contribution in [0.1, 0.15) is 70.2 Å². The van der Waals surface area contributed by atoms with Gasteiger partial charge in [-0.1, -0.05) is 0 Å². The Hall–Kier alpha value is -1.96. The maximum Gasteiger partial charge on any atom is 0.127 e. The molecular formula is C24H30O2. The van der Waals surface area contributed by atoms with Gasteiger partial charge in [0.15, 0.2) is 0 Å². The van der Waals surface area contributed by atoms with Crippen LogP contribution in [0.2, 0.25) is 0 Å². The van der Waals surface area contributed by atoms with Crippen molar-refractivity contribution in [2.24, 2.45) is 0 Å². The lowest BCUT2D eigenvalue weighted by Gasteiger charge is -2.28. The lowest BCUT2D eigenvalue weighted by Crippen LogP contribution is -2.11. The van der Waals surface area contributed by atoms with Gasteiger partial charge in [-0.3, -0.25) is 0 Å². The lowest BCUT2D eigenvalue weighted by atomic mass is 9.78. The second-order valence-electron chi connectivity index (χ2n) is 8.28. The molecule has 2 aromatic carbocycles. The molecule has 0 spiro atoms. The van der Waals surface area contributed by atoms with Crippen LogP contribution in [0.3, 0.4) is 0 Å². The van der Waals surface area contributed by atoms with Crippen molar-refractivity contribution in [2.75, 3.05) is 0 Å². The molecule has 2 aromatic rings. The Kier molecular flexibility index (Phi) is 4.25. The van der Waals surface area contributed by atoms with Crippen molar-refractivity contribution in [1.29, 1.82) is 0 Å². The van der Waals surface area contributed by atoms with Gasteiger partial charge >= 0.3 is 0 Å². The molecule has 0 unspecified atom stereocenters. The molecule has 0 bridgehead atoms. The van der Waals surface area contributed by atoms with E-state index in [1.54, 1.807) is 0 Å². The molecule has 0 aromatic heterocycles. The third kappa shape index (κ3) is 2.38. The molecule has 4 rings (SSSR count). The molecule has 2 nitrogen and oxygen atoms in total. The highest BCUT2D eigenvalue weighted by Gasteiger charge is 2.28. The monoisotopic (exact) mass is 350 g/mol. The molecule has 2 aliphatic rings. The summed E-state index contributed by atoms with van der Waals surface area (Å²) in [6.45, 7) is 8.57. The zero-order valence-electron chi connectivity index (χ0n) is 16.6. The second kappa shape index (κ2) is 6.33. The summed E-state index contributed by atoms with van der Waals surface area (Å²) in [5, 5.41) is 22.5. The molecule has 2 aliphatic carbocycles. The summed E-state index contributed by atoms with van der Waals surface area (Å²) in [6.07, 6.45) is 8.68. The van der Waals surface area contributed by atoms with E-state index in [1.165, 1.54) is 35.1 Å². The van der Waals surface area contributed by atoms with E-state index < -0.39 is 0 Å². The zero-order valence-corrected chi connectivity index (χ0v) is 16.6. The maximum atomic E-state index is 11.2. The fraction of sp³-hybridized carbons (Fsp3) is 0.500. The van der Waals surface area contributed by atoms with E-state index in [9.17, 15) is 10.2 Å². The minimum atomic E-state index is 0.413. The van der Waals surface area contributed by atoms with Crippen LogP contribution in [0.4, 0.5) is 0 Å². The van der Waals surface area contributed by atoms with Crippen LogP contribution < -0.4 is 0 Å². The molecule has 26 heavy (non-hydrogen) atoms. The predicted octanol–water partition coefficient (Wildman–Crippen LogP) is 5.76. The van der Waals surface area contributed by atoms with Crippen LogP contribution in [0, 0.1) is 27.7 Å². The fourth-order valence-electron chi connectivity index (χ4n) is 5.26. The molecule has 0 heterocycles. The zero-order chi connectivity index (χ0) is 18.6. The summed E-state index contributed by atoms with van der Waals surface area (Å²) < 4.78 is 0. The van der Waals surface area contributed by atoms with Crippen molar-refractivity contribution in [3.05, 3.63) is 44.5 Å². The molecule has 2 N–H and O–H groups in total. The van der Waals surface area contributed by atoms with Crippen LogP contribution >= 0.6 is 0 Å². The van der Waals surface area contributed by atoms with Crippen molar-refractivity contribution in [1.82, 2.24) is 0 Å². The van der Waals surface area contributed by atoms with E-state index in [0.29, 0.717) is 11.5 Å². The Labute approximate surface area is 156 Å². The number of aromatic hydroxyl groups is 2. The van der Waals surface area contributed by atoms with E-state index in [2.05, 4.69) is 27.7 Å². The molecule has 0 aliphatic heterocycles. The number of hydrogen-bond acceptors (Lipinski definition) is 2. The lowest BCUT2D eigenvalue weighted by molar-refractivity contribution is 0.454. The number of rotatable bonds is 1. The summed E-state index contributed by atoms with van der Waals surface area (Å²) in [4.78, 5) is 0. The Balaban J connectivity index is 2.06. The normalized spacial score (nSPS) is 16.3. The van der Waals surface area contributed by atoms with Crippen molar-refractivity contribution in [2.45, 2.75) is 79.1 Å². The first-order chi connectivity index (χ1) is 12.4. The van der Waals surface area contributed by atoms with Gasteiger partial charge in [-0.2, -0.15) is 0 Å². The van der Waals surface area contributed by atoms with Gasteiger partial charge in [0, 0.05) is 11.1 Å². The minimum absolute atomic E-state index is 0.413. The highest BCUT2D eigenvalue weighted by molar-refractivity contribution is 5.86. The summed E-state index contributed by atoms with van der Waals surface area (Å²) in [5.74, 6) is 0.827. The number of benzene rings is 2. The number of fused-ring (bicyclic) bond motifs is 2. The van der Waals surface area contributed by atoms with Crippen molar-refractivity contribution >= 4 is 0 Å². The van der Waals surface area contributed by atoms with Gasteiger partial charge < -0.3 is 10.2 Å². The van der Waals surface area contributed by atoms with Gasteiger partial charge in [0.25, 0.3) is 0 Å². The smallest absolute Gasteiger partial charge is 0.127 e. The van der Waals surface area contributed by atoms with E-state index in [1.807, 2.05) is 0 Å². The largest absolute Gasteiger partial charge is 0.507 e. The Bertz CT molecular complexity index is 830. The second-order valence-corrected chi connectivity index (χ2v) is 8.28. The third-order valence-corrected chi connectivity index (χ3v) is 7.01. The summed E-state index contributed by atoms with van der Waals surface area (Å²) >= 11 is 0. The maximum absolute atomic E-state index is 11.2. The number of phenolic OH excluding ortho intramolecular Hbond substituents is 2. The molecule has 0 radical (unpaired) electrons. The van der Waals surface area contributed by atoms with Crippen LogP contribution in [0.25, 0.3) is 11.1 Å². The van der Waals surface area contributed by atoms with Gasteiger partial charge in [-0.25, -0.2) is 0 Å². The Morgan fingerprint density at radius 1 is 0.462 bits per heavy atom. The van der Waals surface area contributed by atoms with Crippen molar-refractivity contribution in [3.8, 4) is 22.6 Å². The standard InChI is InChI=1S/C24H30O2/c1-13-15(3)21(23(25)19-11-7-5-9-17(13)19)22-16(4)14(2)18-10-6-8-12-20(18)24(22)26/h25-26H,5-12H2,1-4H3. The van der Waals surface area contributed by atoms with E-state index >= 15 is 0 Å². The molecule has 0 saturated carbocycles. The highest BCUT2D eigenvalue weighted by atomic mass is 16.3. The van der Waals surface area contributed by atoms with Crippen LogP contribution in [0.5, 0.6) is 11.5 Å². The fourth-order valence-corrected chi connectivity index (χ4v) is 5.26. The molecule has 0 atom stereocenters. The average Bonchev–Trinajstić information content (AvgIpc) is 2.67. The number of phenols is 2. The molecule has 0 saturated heterocycles. The predicted molar refractivity (Wildman–Crippen MR) is 107 cm³/mol. The highest BCUT2D eigenvalue weighted by Crippen LogP contribution is 2.49. The molecule has 0 amide bonds. The van der Waals surface area contributed by atoms with Crippen LogP contribution in [-0.4, -0.2) is 10.2 Å². The first-order valence-corrected chi connectivity index (χ1v) is 10.1. The molecular weight excluding hydrogens is 320 g/mol. The topological polar surface area (TPSA) is 40.5 Å². The first kappa shape index (κ1) is 17.5. The molecule has 2 heteroatoms. The van der Waals surface area contributed by atoms with Crippen molar-refractivity contribution < 1.29 is 10.2 Å². The number of hydrogen-bond donors (Lipinski definition) is 2. The summed E-state index contributed by atoms with van der Waals surface area (Å²) in [5.41, 5.74) is 11.5. The Morgan fingerprint density at radius 2 is 0.769 bits per heavy atom. The van der Waals surface area contributed by atoms with Crippen LogP contribution in [0.15, 0.2) is 0 Å². The SMILES string of the molecule is Cc1c(C)c(-c2c(C)c(C)c3c(c2O)CCCC3)c(O)c2c1CCCC2. The summed E-state index contributed by atoms with van der Waals surface area (Å²) in [7, 11) is 0. The average molecular weight is 351 g/mol. The van der Waals surface area contributed by atoms with Crippen molar-refractivity contribution in [3.63, 3.8) is 0 Å². The quantitative estimate of drug-likeness (QED) is 0.687. The third-order valence-electron chi connectivity index (χ3n) is 7.01. The van der Waals surface area contributed by atoms with Gasteiger partial charge in [-0.15, -0.1) is 0 Å². The van der Waals surface area contributed by atoms with E-state index in [0.717, 1.165) is 71.9 Å². The van der Waals surface area contributed by atoms with Gasteiger partial charge in [0.2, 0.25) is 0 Å². The van der Waals surface area contributed by atoms with Gasteiger partial charge in [0.1, 0.15) is 11.5 Å². The molecule has 0 fully saturated rings. The van der Waals surface area contributed by atoms with Gasteiger partial charge in [0.05, 0.1) is 0 Å². The first-order valence-electron chi connectivity index (χ1n) is 10.1. The van der Waals surface area contributed by atoms with Gasteiger partial charge in [-0.05, 0) is 124 Å². The summed E-state index contributed by atoms with van der Waals surface area (Å²) in [6, 6.07) is 0. The van der Waals surface area contributed by atoms with E-state index in [-0.39, 0.29) is 0 Å².